The van der Waals surface area contributed by atoms with E-state index in [9.17, 15) is 4.39 Å². The van der Waals surface area contributed by atoms with E-state index < -0.39 is 0 Å². The molecule has 2 aliphatic rings. The third-order valence-electron chi connectivity index (χ3n) is 2.96. The predicted octanol–water partition coefficient (Wildman–Crippen LogP) is 2.36. The Morgan fingerprint density at radius 1 is 1.21 bits per heavy atom. The molecule has 0 spiro atoms. The maximum absolute atomic E-state index is 12.3. The Balaban J connectivity index is 0.000000110. The van der Waals surface area contributed by atoms with Crippen LogP contribution in [0, 0.1) is 24.6 Å². The standard InChI is InChI=1S/C7H7F.C5H9N/c1-6-4-2-3-5-7(6)8;1-4-2-6-3-5(1)4/h2-5H,1H3;4-6H,1-3H2. The van der Waals surface area contributed by atoms with Crippen molar-refractivity contribution in [3.63, 3.8) is 0 Å². The van der Waals surface area contributed by atoms with Crippen LogP contribution in [0.5, 0.6) is 0 Å². The molecule has 0 radical (unpaired) electrons. The molecule has 0 amide bonds. The van der Waals surface area contributed by atoms with Gasteiger partial charge >= 0.3 is 0 Å². The minimum atomic E-state index is -0.132. The molecule has 1 aromatic rings. The highest BCUT2D eigenvalue weighted by Gasteiger charge is 2.40. The molecule has 1 N–H and O–H groups in total. The van der Waals surface area contributed by atoms with E-state index in [0.29, 0.717) is 5.56 Å². The quantitative estimate of drug-likeness (QED) is 0.667. The summed E-state index contributed by atoms with van der Waals surface area (Å²) >= 11 is 0. The zero-order valence-electron chi connectivity index (χ0n) is 8.46. The van der Waals surface area contributed by atoms with Gasteiger partial charge in [-0.25, -0.2) is 4.39 Å². The Hall–Kier alpha value is -0.890. The fraction of sp³-hybridized carbons (Fsp3) is 0.500. The van der Waals surface area contributed by atoms with Crippen molar-refractivity contribution in [2.45, 2.75) is 13.3 Å². The Labute approximate surface area is 84.3 Å². The van der Waals surface area contributed by atoms with Crippen molar-refractivity contribution in [1.82, 2.24) is 5.32 Å². The van der Waals surface area contributed by atoms with Gasteiger partial charge in [-0.15, -0.1) is 0 Å². The van der Waals surface area contributed by atoms with Crippen LogP contribution in [0.2, 0.25) is 0 Å². The van der Waals surface area contributed by atoms with Gasteiger partial charge in [0.2, 0.25) is 0 Å². The van der Waals surface area contributed by atoms with Gasteiger partial charge in [-0.2, -0.15) is 0 Å². The number of aryl methyl sites for hydroxylation is 1. The number of fused-ring (bicyclic) bond motifs is 1. The van der Waals surface area contributed by atoms with Crippen LogP contribution in [0.25, 0.3) is 0 Å². The van der Waals surface area contributed by atoms with Crippen molar-refractivity contribution in [3.8, 4) is 0 Å². The predicted molar refractivity (Wildman–Crippen MR) is 55.6 cm³/mol. The second-order valence-electron chi connectivity index (χ2n) is 4.16. The van der Waals surface area contributed by atoms with E-state index in [-0.39, 0.29) is 5.82 Å². The first-order valence-corrected chi connectivity index (χ1v) is 5.19. The van der Waals surface area contributed by atoms with Crippen LogP contribution in [0.3, 0.4) is 0 Å². The van der Waals surface area contributed by atoms with Crippen LogP contribution in [0.1, 0.15) is 12.0 Å². The summed E-state index contributed by atoms with van der Waals surface area (Å²) in [7, 11) is 0. The summed E-state index contributed by atoms with van der Waals surface area (Å²) in [5.41, 5.74) is 0.701. The lowest BCUT2D eigenvalue weighted by molar-refractivity contribution is 0.618. The third-order valence-corrected chi connectivity index (χ3v) is 2.96. The van der Waals surface area contributed by atoms with Crippen molar-refractivity contribution in [2.24, 2.45) is 11.8 Å². The van der Waals surface area contributed by atoms with Crippen molar-refractivity contribution in [3.05, 3.63) is 35.6 Å². The summed E-state index contributed by atoms with van der Waals surface area (Å²) in [6, 6.07) is 6.70. The average molecular weight is 193 g/mol. The molecular formula is C12H16FN. The zero-order valence-corrected chi connectivity index (χ0v) is 8.46. The molecule has 2 atom stereocenters. The second kappa shape index (κ2) is 4.09. The summed E-state index contributed by atoms with van der Waals surface area (Å²) in [6.07, 6.45) is 1.52. The zero-order chi connectivity index (χ0) is 9.97. The molecule has 0 bridgehead atoms. The maximum atomic E-state index is 12.3. The summed E-state index contributed by atoms with van der Waals surface area (Å²) in [5, 5.41) is 3.32. The largest absolute Gasteiger partial charge is 0.316 e. The summed E-state index contributed by atoms with van der Waals surface area (Å²) in [4.78, 5) is 0. The molecule has 2 fully saturated rings. The molecule has 1 aliphatic carbocycles. The van der Waals surface area contributed by atoms with Crippen LogP contribution in [0.15, 0.2) is 24.3 Å². The maximum Gasteiger partial charge on any atom is 0.126 e. The van der Waals surface area contributed by atoms with Crippen LogP contribution < -0.4 is 5.32 Å². The molecule has 76 valence electrons. The Kier molecular flexibility index (Phi) is 2.82. The van der Waals surface area contributed by atoms with Gasteiger partial charge in [0, 0.05) is 0 Å². The fourth-order valence-corrected chi connectivity index (χ4v) is 1.82. The van der Waals surface area contributed by atoms with Gasteiger partial charge in [0.15, 0.2) is 0 Å². The van der Waals surface area contributed by atoms with E-state index >= 15 is 0 Å². The normalized spacial score (nSPS) is 27.6. The van der Waals surface area contributed by atoms with Crippen molar-refractivity contribution in [2.75, 3.05) is 13.1 Å². The number of hydrogen-bond acceptors (Lipinski definition) is 1. The SMILES string of the molecule is C1NCC2CC12.Cc1ccccc1F. The minimum absolute atomic E-state index is 0.132. The summed E-state index contributed by atoms with van der Waals surface area (Å²) in [5.74, 6) is 2.07. The molecule has 2 heteroatoms. The Morgan fingerprint density at radius 3 is 2.14 bits per heavy atom. The molecule has 1 heterocycles. The fourth-order valence-electron chi connectivity index (χ4n) is 1.82. The molecular weight excluding hydrogens is 177 g/mol. The highest BCUT2D eigenvalue weighted by atomic mass is 19.1. The van der Waals surface area contributed by atoms with Gasteiger partial charge in [-0.05, 0) is 49.9 Å². The smallest absolute Gasteiger partial charge is 0.126 e. The number of rotatable bonds is 0. The number of hydrogen-bond donors (Lipinski definition) is 1. The van der Waals surface area contributed by atoms with Gasteiger partial charge in [0.25, 0.3) is 0 Å². The van der Waals surface area contributed by atoms with Crippen molar-refractivity contribution < 1.29 is 4.39 Å². The number of nitrogens with one attached hydrogen (secondary N) is 1. The highest BCUT2D eigenvalue weighted by Crippen LogP contribution is 2.40. The lowest BCUT2D eigenvalue weighted by Gasteiger charge is -1.89. The van der Waals surface area contributed by atoms with Gasteiger partial charge in [-0.1, -0.05) is 18.2 Å². The third kappa shape index (κ3) is 2.32. The summed E-state index contributed by atoms with van der Waals surface area (Å²) in [6.45, 7) is 4.37. The average Bonchev–Trinajstić information content (AvgIpc) is 2.80. The Bertz CT molecular complexity index is 282. The number of benzene rings is 1. The second-order valence-corrected chi connectivity index (χ2v) is 4.16. The lowest BCUT2D eigenvalue weighted by atomic mass is 10.2. The van der Waals surface area contributed by atoms with Crippen LogP contribution in [-0.2, 0) is 0 Å². The topological polar surface area (TPSA) is 12.0 Å². The van der Waals surface area contributed by atoms with Crippen LogP contribution >= 0.6 is 0 Å². The van der Waals surface area contributed by atoms with Gasteiger partial charge in [-0.3, -0.25) is 0 Å². The molecule has 1 saturated carbocycles. The minimum Gasteiger partial charge on any atom is -0.316 e. The first-order chi connectivity index (χ1) is 6.77. The van der Waals surface area contributed by atoms with Gasteiger partial charge < -0.3 is 5.32 Å². The number of piperidine rings is 1. The summed E-state index contributed by atoms with van der Waals surface area (Å²) < 4.78 is 12.3. The van der Waals surface area contributed by atoms with E-state index in [1.807, 2.05) is 6.07 Å². The van der Waals surface area contributed by atoms with Crippen LogP contribution in [-0.4, -0.2) is 13.1 Å². The van der Waals surface area contributed by atoms with Gasteiger partial charge in [0.05, 0.1) is 0 Å². The van der Waals surface area contributed by atoms with E-state index in [1.165, 1.54) is 25.6 Å². The van der Waals surface area contributed by atoms with Crippen molar-refractivity contribution in [1.29, 1.82) is 0 Å². The molecule has 14 heavy (non-hydrogen) atoms. The first kappa shape index (κ1) is 9.66. The molecule has 1 saturated heterocycles. The first-order valence-electron chi connectivity index (χ1n) is 5.19. The van der Waals surface area contributed by atoms with Crippen LogP contribution in [0.4, 0.5) is 4.39 Å². The van der Waals surface area contributed by atoms with Gasteiger partial charge in [0.1, 0.15) is 5.82 Å². The van der Waals surface area contributed by atoms with E-state index in [0.717, 1.165) is 11.8 Å². The van der Waals surface area contributed by atoms with Crippen molar-refractivity contribution >= 4 is 0 Å². The number of halogens is 1. The molecule has 1 aromatic carbocycles. The Morgan fingerprint density at radius 2 is 1.86 bits per heavy atom. The monoisotopic (exact) mass is 193 g/mol. The molecule has 3 rings (SSSR count). The lowest BCUT2D eigenvalue weighted by Crippen LogP contribution is -2.10. The molecule has 1 nitrogen and oxygen atoms in total. The van der Waals surface area contributed by atoms with E-state index in [2.05, 4.69) is 5.32 Å². The highest BCUT2D eigenvalue weighted by molar-refractivity contribution is 5.14. The van der Waals surface area contributed by atoms with E-state index in [1.54, 1.807) is 19.1 Å². The van der Waals surface area contributed by atoms with E-state index in [4.69, 9.17) is 0 Å². The molecule has 1 aliphatic heterocycles. The molecule has 2 unspecified atom stereocenters. The molecule has 0 aromatic heterocycles.